The molecule has 0 saturated heterocycles. The van der Waals surface area contributed by atoms with E-state index in [1.807, 2.05) is 31.2 Å². The second-order valence-electron chi connectivity index (χ2n) is 3.94. The van der Waals surface area contributed by atoms with E-state index in [9.17, 15) is 9.59 Å². The van der Waals surface area contributed by atoms with Gasteiger partial charge in [-0.2, -0.15) is 0 Å². The van der Waals surface area contributed by atoms with Crippen molar-refractivity contribution in [2.24, 2.45) is 0 Å². The second kappa shape index (κ2) is 2.92. The van der Waals surface area contributed by atoms with Gasteiger partial charge in [-0.1, -0.05) is 24.3 Å². The number of imide groups is 1. The molecule has 3 rings (SSSR count). The van der Waals surface area contributed by atoms with E-state index in [1.165, 1.54) is 0 Å². The molecule has 2 aromatic rings. The lowest BCUT2D eigenvalue weighted by molar-refractivity contribution is 0.0880. The van der Waals surface area contributed by atoms with E-state index in [2.05, 4.69) is 5.32 Å². The molecule has 3 nitrogen and oxygen atoms in total. The standard InChI is InChI=1S/C13H9NO2/c1-7-6-10-11(13(16)14-12(10)15)9-5-3-2-4-8(7)9/h2-6H,1H3,(H,14,15,16). The molecule has 0 aromatic heterocycles. The van der Waals surface area contributed by atoms with E-state index >= 15 is 0 Å². The average molecular weight is 211 g/mol. The first-order valence-corrected chi connectivity index (χ1v) is 5.06. The van der Waals surface area contributed by atoms with E-state index in [1.54, 1.807) is 6.07 Å². The first kappa shape index (κ1) is 9.09. The van der Waals surface area contributed by atoms with Crippen LogP contribution < -0.4 is 5.32 Å². The van der Waals surface area contributed by atoms with Gasteiger partial charge in [0.15, 0.2) is 0 Å². The Morgan fingerprint density at radius 2 is 1.69 bits per heavy atom. The SMILES string of the molecule is Cc1cc2c(c3ccccc13)C(=O)NC2=O. The van der Waals surface area contributed by atoms with Crippen LogP contribution in [0.25, 0.3) is 10.8 Å². The van der Waals surface area contributed by atoms with Gasteiger partial charge in [-0.05, 0) is 29.3 Å². The van der Waals surface area contributed by atoms with Crippen LogP contribution in [0.3, 0.4) is 0 Å². The molecule has 2 aromatic carbocycles. The lowest BCUT2D eigenvalue weighted by Crippen LogP contribution is -2.19. The summed E-state index contributed by atoms with van der Waals surface area (Å²) < 4.78 is 0. The number of fused-ring (bicyclic) bond motifs is 3. The molecule has 16 heavy (non-hydrogen) atoms. The first-order chi connectivity index (χ1) is 7.68. The molecule has 0 aliphatic carbocycles. The van der Waals surface area contributed by atoms with Gasteiger partial charge < -0.3 is 0 Å². The molecule has 3 heteroatoms. The highest BCUT2D eigenvalue weighted by atomic mass is 16.2. The Kier molecular flexibility index (Phi) is 1.66. The van der Waals surface area contributed by atoms with Gasteiger partial charge in [-0.15, -0.1) is 0 Å². The molecule has 1 aliphatic heterocycles. The number of benzene rings is 2. The van der Waals surface area contributed by atoms with Crippen molar-refractivity contribution in [2.45, 2.75) is 6.92 Å². The lowest BCUT2D eigenvalue weighted by atomic mass is 9.96. The zero-order valence-electron chi connectivity index (χ0n) is 8.70. The molecular formula is C13H9NO2. The molecule has 0 saturated carbocycles. The van der Waals surface area contributed by atoms with E-state index in [0.29, 0.717) is 11.1 Å². The van der Waals surface area contributed by atoms with Crippen molar-refractivity contribution in [1.29, 1.82) is 0 Å². The van der Waals surface area contributed by atoms with E-state index < -0.39 is 0 Å². The number of hydrogen-bond acceptors (Lipinski definition) is 2. The van der Waals surface area contributed by atoms with Crippen molar-refractivity contribution < 1.29 is 9.59 Å². The van der Waals surface area contributed by atoms with Crippen LogP contribution >= 0.6 is 0 Å². The van der Waals surface area contributed by atoms with Crippen LogP contribution in [-0.4, -0.2) is 11.8 Å². The number of carbonyl (C=O) groups is 2. The first-order valence-electron chi connectivity index (χ1n) is 5.06. The van der Waals surface area contributed by atoms with Crippen molar-refractivity contribution in [3.8, 4) is 0 Å². The van der Waals surface area contributed by atoms with Gasteiger partial charge in [0, 0.05) is 0 Å². The molecule has 0 spiro atoms. The molecule has 1 aliphatic rings. The molecule has 0 atom stereocenters. The molecule has 0 radical (unpaired) electrons. The fourth-order valence-corrected chi connectivity index (χ4v) is 2.21. The third-order valence-electron chi connectivity index (χ3n) is 2.95. The predicted molar refractivity (Wildman–Crippen MR) is 60.5 cm³/mol. The summed E-state index contributed by atoms with van der Waals surface area (Å²) in [4.78, 5) is 23.2. The minimum atomic E-state index is -0.297. The molecule has 1 heterocycles. The van der Waals surface area contributed by atoms with E-state index in [-0.39, 0.29) is 11.8 Å². The van der Waals surface area contributed by atoms with Crippen LogP contribution in [0, 0.1) is 6.92 Å². The smallest absolute Gasteiger partial charge is 0.259 e. The van der Waals surface area contributed by atoms with Crippen LogP contribution in [0.2, 0.25) is 0 Å². The number of carbonyl (C=O) groups excluding carboxylic acids is 2. The fraction of sp³-hybridized carbons (Fsp3) is 0.0769. The third-order valence-corrected chi connectivity index (χ3v) is 2.95. The zero-order valence-corrected chi connectivity index (χ0v) is 8.70. The van der Waals surface area contributed by atoms with Crippen molar-refractivity contribution in [3.63, 3.8) is 0 Å². The minimum Gasteiger partial charge on any atom is -0.288 e. The van der Waals surface area contributed by atoms with Crippen molar-refractivity contribution in [1.82, 2.24) is 5.32 Å². The quantitative estimate of drug-likeness (QED) is 0.678. The maximum atomic E-state index is 11.7. The summed E-state index contributed by atoms with van der Waals surface area (Å²) in [5, 5.41) is 4.19. The number of amides is 2. The largest absolute Gasteiger partial charge is 0.288 e. The molecular weight excluding hydrogens is 202 g/mol. The van der Waals surface area contributed by atoms with Crippen LogP contribution in [0.1, 0.15) is 26.3 Å². The molecule has 78 valence electrons. The molecule has 0 fully saturated rings. The summed E-state index contributed by atoms with van der Waals surface area (Å²) in [6.07, 6.45) is 0. The monoisotopic (exact) mass is 211 g/mol. The maximum absolute atomic E-state index is 11.7. The third kappa shape index (κ3) is 1.03. The van der Waals surface area contributed by atoms with Crippen LogP contribution in [-0.2, 0) is 0 Å². The highest BCUT2D eigenvalue weighted by Gasteiger charge is 2.29. The fourth-order valence-electron chi connectivity index (χ4n) is 2.21. The van der Waals surface area contributed by atoms with Gasteiger partial charge in [0.05, 0.1) is 11.1 Å². The van der Waals surface area contributed by atoms with Crippen molar-refractivity contribution >= 4 is 22.6 Å². The Morgan fingerprint density at radius 3 is 2.44 bits per heavy atom. The lowest BCUT2D eigenvalue weighted by Gasteiger charge is -2.05. The number of aryl methyl sites for hydroxylation is 1. The molecule has 0 unspecified atom stereocenters. The number of nitrogens with one attached hydrogen (secondary N) is 1. The van der Waals surface area contributed by atoms with Gasteiger partial charge >= 0.3 is 0 Å². The molecule has 1 N–H and O–H groups in total. The summed E-state index contributed by atoms with van der Waals surface area (Å²) in [6.45, 7) is 1.94. The number of rotatable bonds is 0. The van der Waals surface area contributed by atoms with Crippen molar-refractivity contribution in [2.75, 3.05) is 0 Å². The van der Waals surface area contributed by atoms with Gasteiger partial charge in [-0.3, -0.25) is 14.9 Å². The topological polar surface area (TPSA) is 46.2 Å². The second-order valence-corrected chi connectivity index (χ2v) is 3.94. The summed E-state index contributed by atoms with van der Waals surface area (Å²) in [6, 6.07) is 9.41. The summed E-state index contributed by atoms with van der Waals surface area (Å²) >= 11 is 0. The summed E-state index contributed by atoms with van der Waals surface area (Å²) in [7, 11) is 0. The maximum Gasteiger partial charge on any atom is 0.259 e. The predicted octanol–water partition coefficient (Wildman–Crippen LogP) is 2.03. The van der Waals surface area contributed by atoms with Gasteiger partial charge in [0.2, 0.25) is 0 Å². The van der Waals surface area contributed by atoms with Crippen molar-refractivity contribution in [3.05, 3.63) is 47.0 Å². The normalized spacial score (nSPS) is 14.1. The van der Waals surface area contributed by atoms with Gasteiger partial charge in [0.1, 0.15) is 0 Å². The van der Waals surface area contributed by atoms with E-state index in [0.717, 1.165) is 16.3 Å². The van der Waals surface area contributed by atoms with E-state index in [4.69, 9.17) is 0 Å². The van der Waals surface area contributed by atoms with Crippen LogP contribution in [0.4, 0.5) is 0 Å². The zero-order chi connectivity index (χ0) is 11.3. The summed E-state index contributed by atoms with van der Waals surface area (Å²) in [5.41, 5.74) is 2.01. The van der Waals surface area contributed by atoms with Gasteiger partial charge in [-0.25, -0.2) is 0 Å². The Labute approximate surface area is 92.1 Å². The molecule has 0 bridgehead atoms. The Hall–Kier alpha value is -2.16. The van der Waals surface area contributed by atoms with Crippen LogP contribution in [0.5, 0.6) is 0 Å². The highest BCUT2D eigenvalue weighted by Crippen LogP contribution is 2.28. The summed E-state index contributed by atoms with van der Waals surface area (Å²) in [5.74, 6) is -0.593. The average Bonchev–Trinajstić information content (AvgIpc) is 2.55. The number of hydrogen-bond donors (Lipinski definition) is 1. The van der Waals surface area contributed by atoms with Crippen LogP contribution in [0.15, 0.2) is 30.3 Å². The highest BCUT2D eigenvalue weighted by molar-refractivity contribution is 6.26. The van der Waals surface area contributed by atoms with Gasteiger partial charge in [0.25, 0.3) is 11.8 Å². The minimum absolute atomic E-state index is 0.295. The Balaban J connectivity index is 2.53. The Bertz CT molecular complexity index is 644. The Morgan fingerprint density at radius 1 is 1.00 bits per heavy atom. The molecule has 2 amide bonds.